The van der Waals surface area contributed by atoms with Gasteiger partial charge in [0, 0.05) is 7.05 Å². The third-order valence-electron chi connectivity index (χ3n) is 3.48. The maximum Gasteiger partial charge on any atom is 0.212 e. The Morgan fingerprint density at radius 3 is 2.41 bits per heavy atom. The van der Waals surface area contributed by atoms with Gasteiger partial charge in [-0.15, -0.1) is 0 Å². The molecule has 0 heterocycles. The van der Waals surface area contributed by atoms with Crippen LogP contribution in [0.4, 0.5) is 5.69 Å². The molecule has 0 saturated heterocycles. The van der Waals surface area contributed by atoms with Crippen molar-refractivity contribution >= 4 is 17.5 Å². The number of hydrogen-bond donors (Lipinski definition) is 1. The Morgan fingerprint density at radius 2 is 1.77 bits per heavy atom. The Kier molecular flexibility index (Phi) is 5.26. The van der Waals surface area contributed by atoms with E-state index in [1.807, 2.05) is 24.3 Å². The van der Waals surface area contributed by atoms with E-state index in [4.69, 9.17) is 0 Å². The highest BCUT2D eigenvalue weighted by molar-refractivity contribution is 6.07. The fraction of sp³-hybridized carbons (Fsp3) is 0.158. The highest BCUT2D eigenvalue weighted by Crippen LogP contribution is 2.08. The van der Waals surface area contributed by atoms with E-state index in [-0.39, 0.29) is 16.8 Å². The molecule has 0 saturated carbocycles. The lowest BCUT2D eigenvalue weighted by Gasteiger charge is -1.98. The fourth-order valence-electron chi connectivity index (χ4n) is 2.12. The van der Waals surface area contributed by atoms with Crippen LogP contribution in [0.3, 0.4) is 0 Å². The molecule has 0 spiro atoms. The summed E-state index contributed by atoms with van der Waals surface area (Å²) in [5.41, 5.74) is 2.47. The molecule has 3 nitrogen and oxygen atoms in total. The van der Waals surface area contributed by atoms with Gasteiger partial charge in [-0.1, -0.05) is 49.4 Å². The Bertz CT molecular complexity index is 746. The van der Waals surface area contributed by atoms with Gasteiger partial charge in [-0.25, -0.2) is 0 Å². The van der Waals surface area contributed by atoms with Crippen LogP contribution in [0.15, 0.2) is 59.4 Å². The molecule has 1 N–H and O–H groups in total. The summed E-state index contributed by atoms with van der Waals surface area (Å²) in [5.74, 6) is -0.294. The molecule has 0 amide bonds. The highest BCUT2D eigenvalue weighted by Gasteiger charge is 2.08. The van der Waals surface area contributed by atoms with Gasteiger partial charge in [0.25, 0.3) is 0 Å². The van der Waals surface area contributed by atoms with Crippen molar-refractivity contribution in [3.8, 4) is 0 Å². The fourth-order valence-corrected chi connectivity index (χ4v) is 2.12. The molecule has 0 atom stereocenters. The molecule has 2 aromatic rings. The first-order valence-corrected chi connectivity index (χ1v) is 7.28. The SMILES string of the molecule is CCc1ccc(/C=C\C(=O)c2ccccc(NC)c2=O)cc1. The van der Waals surface area contributed by atoms with Gasteiger partial charge in [-0.05, 0) is 35.8 Å². The Hall–Kier alpha value is -2.68. The Labute approximate surface area is 130 Å². The third kappa shape index (κ3) is 3.70. The molecular formula is C19H19NO2. The molecule has 22 heavy (non-hydrogen) atoms. The lowest BCUT2D eigenvalue weighted by molar-refractivity contribution is 0.104. The number of ketones is 1. The summed E-state index contributed by atoms with van der Waals surface area (Å²) < 4.78 is 0. The predicted octanol–water partition coefficient (Wildman–Crippen LogP) is 3.55. The topological polar surface area (TPSA) is 46.2 Å². The van der Waals surface area contributed by atoms with Crippen LogP contribution in [0.25, 0.3) is 6.08 Å². The van der Waals surface area contributed by atoms with Gasteiger partial charge in [-0.2, -0.15) is 0 Å². The van der Waals surface area contributed by atoms with E-state index in [1.54, 1.807) is 37.4 Å². The average molecular weight is 293 g/mol. The van der Waals surface area contributed by atoms with Crippen LogP contribution in [0.1, 0.15) is 28.4 Å². The van der Waals surface area contributed by atoms with Crippen molar-refractivity contribution in [2.75, 3.05) is 12.4 Å². The summed E-state index contributed by atoms with van der Waals surface area (Å²) in [4.78, 5) is 24.5. The molecule has 112 valence electrons. The molecule has 0 aliphatic carbocycles. The lowest BCUT2D eigenvalue weighted by Crippen LogP contribution is -2.14. The number of carbonyl (C=O) groups is 1. The van der Waals surface area contributed by atoms with Gasteiger partial charge >= 0.3 is 0 Å². The first kappa shape index (κ1) is 15.7. The summed E-state index contributed by atoms with van der Waals surface area (Å²) in [6, 6.07) is 14.6. The second-order valence-electron chi connectivity index (χ2n) is 4.92. The largest absolute Gasteiger partial charge is 0.385 e. The summed E-state index contributed by atoms with van der Waals surface area (Å²) in [5, 5.41) is 2.81. The standard InChI is InChI=1S/C19H19NO2/c1-3-14-8-10-15(11-9-14)12-13-18(21)16-6-4-5-7-17(20-2)19(16)22/h4-13H,3H2,1-2H3,(H,20,22)/b13-12-. The maximum absolute atomic E-state index is 12.3. The normalized spacial score (nSPS) is 10.6. The molecule has 0 aliphatic rings. The van der Waals surface area contributed by atoms with Gasteiger partial charge in [0.05, 0.1) is 11.3 Å². The van der Waals surface area contributed by atoms with E-state index < -0.39 is 0 Å². The van der Waals surface area contributed by atoms with E-state index >= 15 is 0 Å². The molecular weight excluding hydrogens is 274 g/mol. The van der Waals surface area contributed by atoms with Gasteiger partial charge in [-0.3, -0.25) is 9.59 Å². The van der Waals surface area contributed by atoms with Gasteiger partial charge in [0.15, 0.2) is 5.78 Å². The van der Waals surface area contributed by atoms with Gasteiger partial charge in [0.1, 0.15) is 0 Å². The van der Waals surface area contributed by atoms with E-state index in [1.165, 1.54) is 11.6 Å². The predicted molar refractivity (Wildman–Crippen MR) is 91.4 cm³/mol. The van der Waals surface area contributed by atoms with E-state index in [9.17, 15) is 9.59 Å². The highest BCUT2D eigenvalue weighted by atomic mass is 16.1. The number of carbonyl (C=O) groups excluding carboxylic acids is 1. The molecule has 0 fully saturated rings. The first-order chi connectivity index (χ1) is 10.7. The molecule has 0 aromatic heterocycles. The molecule has 0 radical (unpaired) electrons. The number of rotatable bonds is 5. The molecule has 2 aromatic carbocycles. The van der Waals surface area contributed by atoms with Crippen LogP contribution in [-0.2, 0) is 6.42 Å². The van der Waals surface area contributed by atoms with Crippen molar-refractivity contribution in [3.05, 3.63) is 81.5 Å². The van der Waals surface area contributed by atoms with Gasteiger partial charge < -0.3 is 5.32 Å². The minimum Gasteiger partial charge on any atom is -0.385 e. The van der Waals surface area contributed by atoms with Crippen molar-refractivity contribution in [2.24, 2.45) is 0 Å². The number of nitrogens with one attached hydrogen (secondary N) is 1. The Balaban J connectivity index is 2.27. The summed E-state index contributed by atoms with van der Waals surface area (Å²) in [6.45, 7) is 2.10. The van der Waals surface area contributed by atoms with Crippen LogP contribution in [0.2, 0.25) is 0 Å². The van der Waals surface area contributed by atoms with Crippen molar-refractivity contribution < 1.29 is 4.79 Å². The maximum atomic E-state index is 12.3. The Morgan fingerprint density at radius 1 is 1.09 bits per heavy atom. The zero-order valence-corrected chi connectivity index (χ0v) is 12.8. The van der Waals surface area contributed by atoms with Crippen LogP contribution in [0.5, 0.6) is 0 Å². The lowest BCUT2D eigenvalue weighted by atomic mass is 10.1. The number of hydrogen-bond acceptors (Lipinski definition) is 3. The molecule has 0 bridgehead atoms. The first-order valence-electron chi connectivity index (χ1n) is 7.28. The summed E-state index contributed by atoms with van der Waals surface area (Å²) in [7, 11) is 1.66. The van der Waals surface area contributed by atoms with E-state index in [0.717, 1.165) is 12.0 Å². The van der Waals surface area contributed by atoms with Crippen LogP contribution in [0, 0.1) is 0 Å². The second-order valence-corrected chi connectivity index (χ2v) is 4.92. The number of allylic oxidation sites excluding steroid dienone is 1. The van der Waals surface area contributed by atoms with Crippen LogP contribution < -0.4 is 10.7 Å². The van der Waals surface area contributed by atoms with E-state index in [2.05, 4.69) is 12.2 Å². The minimum absolute atomic E-state index is 0.163. The smallest absolute Gasteiger partial charge is 0.212 e. The third-order valence-corrected chi connectivity index (χ3v) is 3.48. The number of anilines is 1. The molecule has 0 aliphatic heterocycles. The minimum atomic E-state index is -0.294. The quantitative estimate of drug-likeness (QED) is 0.677. The second kappa shape index (κ2) is 7.36. The molecule has 2 rings (SSSR count). The summed E-state index contributed by atoms with van der Waals surface area (Å²) >= 11 is 0. The van der Waals surface area contributed by atoms with Crippen molar-refractivity contribution in [2.45, 2.75) is 13.3 Å². The zero-order valence-electron chi connectivity index (χ0n) is 12.8. The summed E-state index contributed by atoms with van der Waals surface area (Å²) in [6.07, 6.45) is 4.15. The van der Waals surface area contributed by atoms with Crippen molar-refractivity contribution in [1.29, 1.82) is 0 Å². The van der Waals surface area contributed by atoms with Crippen LogP contribution >= 0.6 is 0 Å². The molecule has 3 heteroatoms. The van der Waals surface area contributed by atoms with Crippen molar-refractivity contribution in [3.63, 3.8) is 0 Å². The monoisotopic (exact) mass is 293 g/mol. The number of benzene rings is 1. The zero-order chi connectivity index (χ0) is 15.9. The van der Waals surface area contributed by atoms with Gasteiger partial charge in [0.2, 0.25) is 5.43 Å². The van der Waals surface area contributed by atoms with Crippen molar-refractivity contribution in [1.82, 2.24) is 0 Å². The van der Waals surface area contributed by atoms with E-state index in [0.29, 0.717) is 5.69 Å². The van der Waals surface area contributed by atoms with Crippen LogP contribution in [-0.4, -0.2) is 12.8 Å². The molecule has 0 unspecified atom stereocenters. The number of aryl methyl sites for hydroxylation is 1. The average Bonchev–Trinajstić information content (AvgIpc) is 2.74.